The number of anilines is 1. The number of benzene rings is 2. The normalized spacial score (nSPS) is 12.5. The molecule has 0 spiro atoms. The molecule has 0 saturated heterocycles. The average molecular weight is 354 g/mol. The second kappa shape index (κ2) is 9.36. The van der Waals surface area contributed by atoms with Gasteiger partial charge in [-0.1, -0.05) is 48.5 Å². The van der Waals surface area contributed by atoms with E-state index in [1.165, 1.54) is 13.8 Å². The number of amides is 2. The lowest BCUT2D eigenvalue weighted by molar-refractivity contribution is -0.153. The Labute approximate surface area is 152 Å². The Kier molecular flexibility index (Phi) is 6.91. The van der Waals surface area contributed by atoms with Gasteiger partial charge >= 0.3 is 5.97 Å². The van der Waals surface area contributed by atoms with Gasteiger partial charge in [0.05, 0.1) is 12.5 Å². The lowest BCUT2D eigenvalue weighted by atomic mass is 10.0. The minimum atomic E-state index is -0.948. The number of ether oxygens (including phenoxy) is 1. The number of hydrogen-bond donors (Lipinski definition) is 2. The van der Waals surface area contributed by atoms with Crippen LogP contribution in [0, 0.1) is 0 Å². The molecule has 2 atom stereocenters. The zero-order valence-corrected chi connectivity index (χ0v) is 14.8. The molecule has 2 aromatic rings. The van der Waals surface area contributed by atoms with E-state index in [9.17, 15) is 14.4 Å². The van der Waals surface area contributed by atoms with Gasteiger partial charge in [0.1, 0.15) is 0 Å². The number of carbonyl (C=O) groups is 3. The van der Waals surface area contributed by atoms with Gasteiger partial charge in [-0.2, -0.15) is 0 Å². The quantitative estimate of drug-likeness (QED) is 0.749. The second-order valence-electron chi connectivity index (χ2n) is 5.86. The lowest BCUT2D eigenvalue weighted by Gasteiger charge is -2.19. The topological polar surface area (TPSA) is 84.5 Å². The van der Waals surface area contributed by atoms with E-state index < -0.39 is 24.0 Å². The molecule has 2 N–H and O–H groups in total. The lowest BCUT2D eigenvalue weighted by Crippen LogP contribution is -2.33. The summed E-state index contributed by atoms with van der Waals surface area (Å²) < 4.78 is 5.22. The fraction of sp³-hybridized carbons (Fsp3) is 0.250. The Morgan fingerprint density at radius 3 is 2.12 bits per heavy atom. The fourth-order valence-corrected chi connectivity index (χ4v) is 2.41. The first-order valence-corrected chi connectivity index (χ1v) is 8.33. The van der Waals surface area contributed by atoms with E-state index in [0.717, 1.165) is 5.56 Å². The summed E-state index contributed by atoms with van der Waals surface area (Å²) in [6, 6.07) is 17.5. The molecule has 6 nitrogen and oxygen atoms in total. The number of carbonyl (C=O) groups excluding carboxylic acids is 3. The summed E-state index contributed by atoms with van der Waals surface area (Å²) in [5.41, 5.74) is 1.42. The Morgan fingerprint density at radius 2 is 1.54 bits per heavy atom. The minimum absolute atomic E-state index is 0.0629. The predicted molar refractivity (Wildman–Crippen MR) is 98.2 cm³/mol. The first-order valence-electron chi connectivity index (χ1n) is 8.33. The van der Waals surface area contributed by atoms with Crippen LogP contribution in [-0.4, -0.2) is 23.9 Å². The Balaban J connectivity index is 1.94. The van der Waals surface area contributed by atoms with E-state index in [-0.39, 0.29) is 12.3 Å². The van der Waals surface area contributed by atoms with Crippen molar-refractivity contribution >= 4 is 23.5 Å². The van der Waals surface area contributed by atoms with Crippen LogP contribution in [0.15, 0.2) is 60.7 Å². The van der Waals surface area contributed by atoms with E-state index in [2.05, 4.69) is 10.6 Å². The van der Waals surface area contributed by atoms with Gasteiger partial charge in [-0.05, 0) is 24.6 Å². The molecule has 0 bridgehead atoms. The van der Waals surface area contributed by atoms with Crippen LogP contribution < -0.4 is 10.6 Å². The first-order chi connectivity index (χ1) is 12.5. The number of para-hydroxylation sites is 1. The van der Waals surface area contributed by atoms with Gasteiger partial charge in [-0.3, -0.25) is 14.4 Å². The molecule has 0 aliphatic carbocycles. The molecule has 2 amide bonds. The minimum Gasteiger partial charge on any atom is -0.452 e. The highest BCUT2D eigenvalue weighted by Crippen LogP contribution is 2.18. The molecule has 0 radical (unpaired) electrons. The van der Waals surface area contributed by atoms with Crippen molar-refractivity contribution in [3.63, 3.8) is 0 Å². The van der Waals surface area contributed by atoms with Gasteiger partial charge in [-0.25, -0.2) is 0 Å². The van der Waals surface area contributed by atoms with Gasteiger partial charge in [0, 0.05) is 12.6 Å². The zero-order valence-electron chi connectivity index (χ0n) is 14.8. The van der Waals surface area contributed by atoms with Crippen molar-refractivity contribution < 1.29 is 19.1 Å². The molecule has 2 aromatic carbocycles. The summed E-state index contributed by atoms with van der Waals surface area (Å²) in [7, 11) is 0. The summed E-state index contributed by atoms with van der Waals surface area (Å²) in [6.45, 7) is 2.89. The Bertz CT molecular complexity index is 747. The molecule has 0 aliphatic rings. The maximum atomic E-state index is 12.2. The summed E-state index contributed by atoms with van der Waals surface area (Å²) >= 11 is 0. The summed E-state index contributed by atoms with van der Waals surface area (Å²) in [6.07, 6.45) is -1.01. The molecule has 0 saturated carbocycles. The maximum absolute atomic E-state index is 12.2. The standard InChI is InChI=1S/C20H22N2O4/c1-14(20(25)22-17-11-7-4-8-12-17)26-19(24)13-18(21-15(2)23)16-9-5-3-6-10-16/h3-12,14,18H,13H2,1-2H3,(H,21,23)(H,22,25)/t14-,18+/m0/s1. The molecule has 6 heteroatoms. The van der Waals surface area contributed by atoms with Crippen molar-refractivity contribution in [1.82, 2.24) is 5.32 Å². The number of hydrogen-bond acceptors (Lipinski definition) is 4. The fourth-order valence-electron chi connectivity index (χ4n) is 2.41. The van der Waals surface area contributed by atoms with Crippen molar-refractivity contribution in [3.05, 3.63) is 66.2 Å². The summed E-state index contributed by atoms with van der Waals surface area (Å²) in [5, 5.41) is 5.41. The van der Waals surface area contributed by atoms with Gasteiger partial charge < -0.3 is 15.4 Å². The van der Waals surface area contributed by atoms with E-state index in [4.69, 9.17) is 4.74 Å². The van der Waals surface area contributed by atoms with Crippen molar-refractivity contribution in [2.75, 3.05) is 5.32 Å². The van der Waals surface area contributed by atoms with E-state index in [1.54, 1.807) is 24.3 Å². The third-order valence-corrected chi connectivity index (χ3v) is 3.67. The van der Waals surface area contributed by atoms with Crippen LogP contribution >= 0.6 is 0 Å². The van der Waals surface area contributed by atoms with Crippen molar-refractivity contribution in [3.8, 4) is 0 Å². The molecule has 2 rings (SSSR count). The van der Waals surface area contributed by atoms with E-state index in [1.807, 2.05) is 36.4 Å². The number of rotatable bonds is 7. The zero-order chi connectivity index (χ0) is 18.9. The molecular weight excluding hydrogens is 332 g/mol. The SMILES string of the molecule is CC(=O)N[C@H](CC(=O)O[C@@H](C)C(=O)Nc1ccccc1)c1ccccc1. The Hall–Kier alpha value is -3.15. The van der Waals surface area contributed by atoms with Crippen molar-refractivity contribution in [1.29, 1.82) is 0 Å². The largest absolute Gasteiger partial charge is 0.452 e. The third-order valence-electron chi connectivity index (χ3n) is 3.67. The van der Waals surface area contributed by atoms with Gasteiger partial charge in [0.25, 0.3) is 5.91 Å². The van der Waals surface area contributed by atoms with Crippen molar-refractivity contribution in [2.24, 2.45) is 0 Å². The van der Waals surface area contributed by atoms with Crippen LogP contribution in [0.3, 0.4) is 0 Å². The van der Waals surface area contributed by atoms with Crippen LogP contribution in [-0.2, 0) is 19.1 Å². The smallest absolute Gasteiger partial charge is 0.309 e. The van der Waals surface area contributed by atoms with E-state index >= 15 is 0 Å². The molecule has 0 unspecified atom stereocenters. The molecule has 0 aliphatic heterocycles. The summed E-state index contributed by atoms with van der Waals surface area (Å²) in [5.74, 6) is -1.23. The van der Waals surface area contributed by atoms with Crippen molar-refractivity contribution in [2.45, 2.75) is 32.4 Å². The highest BCUT2D eigenvalue weighted by molar-refractivity contribution is 5.95. The number of nitrogens with one attached hydrogen (secondary N) is 2. The average Bonchev–Trinajstić information content (AvgIpc) is 2.62. The Morgan fingerprint density at radius 1 is 0.962 bits per heavy atom. The highest BCUT2D eigenvalue weighted by atomic mass is 16.5. The first kappa shape index (κ1) is 19.2. The number of esters is 1. The summed E-state index contributed by atoms with van der Waals surface area (Å²) in [4.78, 5) is 35.8. The van der Waals surface area contributed by atoms with Crippen LogP contribution in [0.2, 0.25) is 0 Å². The molecule has 0 heterocycles. The predicted octanol–water partition coefficient (Wildman–Crippen LogP) is 2.82. The van der Waals surface area contributed by atoms with E-state index in [0.29, 0.717) is 5.69 Å². The van der Waals surface area contributed by atoms with Crippen LogP contribution in [0.25, 0.3) is 0 Å². The molecule has 0 fully saturated rings. The van der Waals surface area contributed by atoms with Crippen LogP contribution in [0.4, 0.5) is 5.69 Å². The second-order valence-corrected chi connectivity index (χ2v) is 5.86. The van der Waals surface area contributed by atoms with Gasteiger partial charge in [-0.15, -0.1) is 0 Å². The highest BCUT2D eigenvalue weighted by Gasteiger charge is 2.22. The maximum Gasteiger partial charge on any atom is 0.309 e. The van der Waals surface area contributed by atoms with Crippen LogP contribution in [0.1, 0.15) is 31.9 Å². The van der Waals surface area contributed by atoms with Gasteiger partial charge in [0.15, 0.2) is 6.10 Å². The monoisotopic (exact) mass is 354 g/mol. The molecule has 26 heavy (non-hydrogen) atoms. The van der Waals surface area contributed by atoms with Gasteiger partial charge in [0.2, 0.25) is 5.91 Å². The van der Waals surface area contributed by atoms with Crippen LogP contribution in [0.5, 0.6) is 0 Å². The third kappa shape index (κ3) is 6.05. The molecular formula is C20H22N2O4. The molecule has 0 aromatic heterocycles. The molecule has 136 valence electrons.